The second kappa shape index (κ2) is 7.48. The molecule has 3 rings (SSSR count). The molecule has 1 N–H and O–H groups in total. The molecule has 0 bridgehead atoms. The first kappa shape index (κ1) is 16.5. The number of rotatable bonds is 5. The molecule has 2 aromatic heterocycles. The highest BCUT2D eigenvalue weighted by molar-refractivity contribution is 5.72. The Labute approximate surface area is 140 Å². The van der Waals surface area contributed by atoms with E-state index in [2.05, 4.69) is 30.5 Å². The Morgan fingerprint density at radius 2 is 2.17 bits per heavy atom. The van der Waals surface area contributed by atoms with Crippen LogP contribution in [0.5, 0.6) is 0 Å². The Hall–Kier alpha value is -2.35. The number of hydrogen-bond donors (Lipinski definition) is 1. The van der Waals surface area contributed by atoms with Crippen LogP contribution in [0.15, 0.2) is 18.5 Å². The lowest BCUT2D eigenvalue weighted by molar-refractivity contribution is -0.154. The smallest absolute Gasteiger partial charge is 0.309 e. The molecule has 0 amide bonds. The number of tetrazole rings is 1. The van der Waals surface area contributed by atoms with Crippen LogP contribution in [0, 0.1) is 5.92 Å². The van der Waals surface area contributed by atoms with Crippen LogP contribution in [-0.2, 0) is 16.1 Å². The molecule has 0 aliphatic carbocycles. The molecule has 0 atom stereocenters. The van der Waals surface area contributed by atoms with Crippen LogP contribution in [0.2, 0.25) is 0 Å². The molecule has 1 saturated heterocycles. The number of nitrogens with one attached hydrogen (secondary N) is 1. The third kappa shape index (κ3) is 4.14. The quantitative estimate of drug-likeness (QED) is 0.828. The van der Waals surface area contributed by atoms with Crippen LogP contribution in [-0.4, -0.2) is 55.7 Å². The zero-order valence-electron chi connectivity index (χ0n) is 14.0. The molecule has 1 aliphatic heterocycles. The first-order valence-corrected chi connectivity index (χ1v) is 8.22. The topological polar surface area (TPSA) is 96.9 Å². The van der Waals surface area contributed by atoms with Crippen molar-refractivity contribution >= 4 is 5.97 Å². The number of piperidine rings is 1. The van der Waals surface area contributed by atoms with Crippen molar-refractivity contribution in [2.75, 3.05) is 13.1 Å². The minimum Gasteiger partial charge on any atom is -0.463 e. The number of ether oxygens (including phenoxy) is 1. The van der Waals surface area contributed by atoms with Gasteiger partial charge in [0.1, 0.15) is 0 Å². The minimum absolute atomic E-state index is 0.0208. The van der Waals surface area contributed by atoms with Crippen LogP contribution in [0.4, 0.5) is 0 Å². The van der Waals surface area contributed by atoms with E-state index in [4.69, 9.17) is 4.74 Å². The van der Waals surface area contributed by atoms with Gasteiger partial charge in [-0.1, -0.05) is 0 Å². The molecular weight excluding hydrogens is 308 g/mol. The van der Waals surface area contributed by atoms with Gasteiger partial charge in [0, 0.05) is 24.5 Å². The number of aromatic nitrogens is 5. The lowest BCUT2D eigenvalue weighted by Gasteiger charge is -2.31. The molecule has 0 radical (unpaired) electrons. The summed E-state index contributed by atoms with van der Waals surface area (Å²) in [6.07, 6.45) is 5.20. The highest BCUT2D eigenvalue weighted by Crippen LogP contribution is 2.21. The Kier molecular flexibility index (Phi) is 5.14. The van der Waals surface area contributed by atoms with E-state index in [1.165, 1.54) is 0 Å². The summed E-state index contributed by atoms with van der Waals surface area (Å²) in [4.78, 5) is 18.6. The maximum absolute atomic E-state index is 12.0. The number of nitrogens with zero attached hydrogens (tertiary/aromatic N) is 5. The van der Waals surface area contributed by atoms with E-state index in [0.717, 1.165) is 43.6 Å². The standard InChI is InChI=1S/C16H22N6O2/c1-11(2)24-16(23)13-3-5-22(6-4-13)10-12-7-14(9-17-8-12)15-18-20-21-19-15/h7-9,11,13H,3-6,10H2,1-2H3,(H,18,19,20,21). The molecule has 0 aromatic carbocycles. The van der Waals surface area contributed by atoms with Gasteiger partial charge in [0.15, 0.2) is 0 Å². The average molecular weight is 330 g/mol. The van der Waals surface area contributed by atoms with E-state index in [0.29, 0.717) is 5.82 Å². The lowest BCUT2D eigenvalue weighted by atomic mass is 9.96. The van der Waals surface area contributed by atoms with Gasteiger partial charge in [-0.2, -0.15) is 5.21 Å². The third-order valence-corrected chi connectivity index (χ3v) is 4.08. The fourth-order valence-electron chi connectivity index (χ4n) is 2.89. The summed E-state index contributed by atoms with van der Waals surface area (Å²) in [5.74, 6) is 0.498. The van der Waals surface area contributed by atoms with Crippen LogP contribution in [0.1, 0.15) is 32.3 Å². The molecule has 0 unspecified atom stereocenters. The zero-order chi connectivity index (χ0) is 16.9. The fraction of sp³-hybridized carbons (Fsp3) is 0.562. The van der Waals surface area contributed by atoms with Crippen LogP contribution >= 0.6 is 0 Å². The fourth-order valence-corrected chi connectivity index (χ4v) is 2.89. The number of hydrogen-bond acceptors (Lipinski definition) is 7. The molecule has 3 heterocycles. The van der Waals surface area contributed by atoms with Crippen molar-refractivity contribution in [3.8, 4) is 11.4 Å². The first-order valence-electron chi connectivity index (χ1n) is 8.22. The Morgan fingerprint density at radius 3 is 2.83 bits per heavy atom. The Balaban J connectivity index is 1.55. The molecule has 1 aliphatic rings. The second-order valence-electron chi connectivity index (χ2n) is 6.35. The first-order chi connectivity index (χ1) is 11.6. The number of H-pyrrole nitrogens is 1. The Morgan fingerprint density at radius 1 is 1.38 bits per heavy atom. The van der Waals surface area contributed by atoms with E-state index < -0.39 is 0 Å². The SMILES string of the molecule is CC(C)OC(=O)C1CCN(Cc2cncc(-c3nn[nH]n3)c2)CC1. The van der Waals surface area contributed by atoms with E-state index in [1.807, 2.05) is 26.1 Å². The summed E-state index contributed by atoms with van der Waals surface area (Å²) in [7, 11) is 0. The predicted octanol–water partition coefficient (Wildman–Crippen LogP) is 1.43. The van der Waals surface area contributed by atoms with Gasteiger partial charge in [-0.15, -0.1) is 10.2 Å². The summed E-state index contributed by atoms with van der Waals surface area (Å²) in [5.41, 5.74) is 1.94. The van der Waals surface area contributed by atoms with E-state index in [-0.39, 0.29) is 18.0 Å². The summed E-state index contributed by atoms with van der Waals surface area (Å²) in [5, 5.41) is 14.0. The maximum atomic E-state index is 12.0. The van der Waals surface area contributed by atoms with Crippen molar-refractivity contribution < 1.29 is 9.53 Å². The number of pyridine rings is 1. The van der Waals surface area contributed by atoms with Crippen molar-refractivity contribution in [2.24, 2.45) is 5.92 Å². The van der Waals surface area contributed by atoms with E-state index >= 15 is 0 Å². The number of esters is 1. The molecule has 2 aromatic rings. The summed E-state index contributed by atoms with van der Waals surface area (Å²) in [6, 6.07) is 2.02. The molecule has 0 spiro atoms. The Bertz CT molecular complexity index is 665. The summed E-state index contributed by atoms with van der Waals surface area (Å²) >= 11 is 0. The van der Waals surface area contributed by atoms with Gasteiger partial charge in [0.25, 0.3) is 0 Å². The van der Waals surface area contributed by atoms with Crippen LogP contribution in [0.3, 0.4) is 0 Å². The monoisotopic (exact) mass is 330 g/mol. The molecule has 128 valence electrons. The largest absolute Gasteiger partial charge is 0.463 e. The lowest BCUT2D eigenvalue weighted by Crippen LogP contribution is -2.37. The van der Waals surface area contributed by atoms with Crippen molar-refractivity contribution in [1.29, 1.82) is 0 Å². The van der Waals surface area contributed by atoms with E-state index in [9.17, 15) is 4.79 Å². The van der Waals surface area contributed by atoms with Crippen molar-refractivity contribution in [3.05, 3.63) is 24.0 Å². The molecule has 8 nitrogen and oxygen atoms in total. The van der Waals surface area contributed by atoms with Gasteiger partial charge >= 0.3 is 5.97 Å². The van der Waals surface area contributed by atoms with Crippen LogP contribution < -0.4 is 0 Å². The van der Waals surface area contributed by atoms with Crippen molar-refractivity contribution in [3.63, 3.8) is 0 Å². The molecule has 8 heteroatoms. The van der Waals surface area contributed by atoms with Crippen LogP contribution in [0.25, 0.3) is 11.4 Å². The third-order valence-electron chi connectivity index (χ3n) is 4.08. The molecule has 24 heavy (non-hydrogen) atoms. The van der Waals surface area contributed by atoms with Gasteiger partial charge in [-0.05, 0) is 56.6 Å². The molecular formula is C16H22N6O2. The highest BCUT2D eigenvalue weighted by atomic mass is 16.5. The highest BCUT2D eigenvalue weighted by Gasteiger charge is 2.26. The number of likely N-dealkylation sites (tertiary alicyclic amines) is 1. The molecule has 0 saturated carbocycles. The summed E-state index contributed by atoms with van der Waals surface area (Å²) in [6.45, 7) is 6.33. The average Bonchev–Trinajstić information content (AvgIpc) is 3.10. The predicted molar refractivity (Wildman–Crippen MR) is 86.6 cm³/mol. The second-order valence-corrected chi connectivity index (χ2v) is 6.35. The van der Waals surface area contributed by atoms with E-state index in [1.54, 1.807) is 6.20 Å². The van der Waals surface area contributed by atoms with Crippen molar-refractivity contribution in [1.82, 2.24) is 30.5 Å². The normalized spacial score (nSPS) is 16.5. The number of carbonyl (C=O) groups excluding carboxylic acids is 1. The zero-order valence-corrected chi connectivity index (χ0v) is 14.0. The maximum Gasteiger partial charge on any atom is 0.309 e. The summed E-state index contributed by atoms with van der Waals surface area (Å²) < 4.78 is 5.31. The van der Waals surface area contributed by atoms with Gasteiger partial charge in [0.2, 0.25) is 5.82 Å². The molecule has 1 fully saturated rings. The minimum atomic E-state index is -0.0644. The van der Waals surface area contributed by atoms with Gasteiger partial charge in [-0.3, -0.25) is 14.7 Å². The van der Waals surface area contributed by atoms with Crippen molar-refractivity contribution in [2.45, 2.75) is 39.3 Å². The van der Waals surface area contributed by atoms with Gasteiger partial charge in [-0.25, -0.2) is 0 Å². The van der Waals surface area contributed by atoms with Gasteiger partial charge < -0.3 is 4.74 Å². The number of aromatic amines is 1. The number of carbonyl (C=O) groups is 1. The van der Waals surface area contributed by atoms with Gasteiger partial charge in [0.05, 0.1) is 12.0 Å².